The van der Waals surface area contributed by atoms with Crippen LogP contribution in [0.3, 0.4) is 0 Å². The minimum absolute atomic E-state index is 0.00627. The second-order valence-corrected chi connectivity index (χ2v) is 7.09. The van der Waals surface area contributed by atoms with Crippen molar-refractivity contribution in [1.82, 2.24) is 9.78 Å². The van der Waals surface area contributed by atoms with E-state index in [2.05, 4.69) is 16.5 Å². The molecule has 29 heavy (non-hydrogen) atoms. The van der Waals surface area contributed by atoms with Crippen molar-refractivity contribution in [2.24, 2.45) is 0 Å². The van der Waals surface area contributed by atoms with E-state index in [9.17, 15) is 9.18 Å². The van der Waals surface area contributed by atoms with Crippen LogP contribution in [-0.4, -0.2) is 22.2 Å². The molecule has 0 radical (unpaired) electrons. The maximum atomic E-state index is 13.2. The van der Waals surface area contributed by atoms with Crippen LogP contribution in [0.4, 0.5) is 15.8 Å². The van der Waals surface area contributed by atoms with E-state index in [0.717, 1.165) is 16.9 Å². The highest BCUT2D eigenvalue weighted by atomic mass is 19.1. The van der Waals surface area contributed by atoms with Crippen molar-refractivity contribution in [2.75, 3.05) is 16.8 Å². The Kier molecular flexibility index (Phi) is 5.00. The third kappa shape index (κ3) is 3.83. The van der Waals surface area contributed by atoms with Gasteiger partial charge in [-0.2, -0.15) is 10.4 Å². The third-order valence-corrected chi connectivity index (χ3v) is 4.96. The normalized spacial score (nSPS) is 15.7. The van der Waals surface area contributed by atoms with Crippen molar-refractivity contribution in [3.8, 4) is 6.07 Å². The van der Waals surface area contributed by atoms with E-state index in [0.29, 0.717) is 30.9 Å². The van der Waals surface area contributed by atoms with E-state index in [1.807, 2.05) is 31.2 Å². The number of amides is 1. The number of nitrogens with zero attached hydrogens (tertiary/aromatic N) is 4. The molecule has 1 atom stereocenters. The van der Waals surface area contributed by atoms with Gasteiger partial charge in [-0.1, -0.05) is 12.1 Å². The summed E-state index contributed by atoms with van der Waals surface area (Å²) in [7, 11) is 0. The van der Waals surface area contributed by atoms with Gasteiger partial charge >= 0.3 is 0 Å². The van der Waals surface area contributed by atoms with E-state index in [4.69, 9.17) is 5.26 Å². The molecule has 1 N–H and O–H groups in total. The second-order valence-electron chi connectivity index (χ2n) is 7.09. The number of carbonyl (C=O) groups is 1. The summed E-state index contributed by atoms with van der Waals surface area (Å²) >= 11 is 0. The maximum Gasteiger partial charge on any atom is 0.276 e. The monoisotopic (exact) mass is 389 g/mol. The fraction of sp³-hybridized carbons (Fsp3) is 0.227. The Balaban J connectivity index is 1.50. The molecule has 146 valence electrons. The minimum Gasteiger partial charge on any atom is -0.379 e. The lowest BCUT2D eigenvalue weighted by Gasteiger charge is -2.31. The molecule has 1 aliphatic heterocycles. The molecule has 1 aliphatic rings. The molecule has 0 aliphatic carbocycles. The number of fused-ring (bicyclic) bond motifs is 1. The predicted molar refractivity (Wildman–Crippen MR) is 108 cm³/mol. The van der Waals surface area contributed by atoms with Crippen LogP contribution in [0.15, 0.2) is 54.6 Å². The van der Waals surface area contributed by atoms with Crippen molar-refractivity contribution in [2.45, 2.75) is 25.9 Å². The average molecular weight is 389 g/mol. The second kappa shape index (κ2) is 7.76. The Morgan fingerprint density at radius 1 is 1.21 bits per heavy atom. The maximum absolute atomic E-state index is 13.2. The van der Waals surface area contributed by atoms with Gasteiger partial charge in [-0.3, -0.25) is 9.48 Å². The molecule has 2 heterocycles. The standard InChI is InChI=1S/C22H20FN5O/c1-15-14-27(20-8-4-17(23)5-9-20)22(29)21-12-19(26-28(15)21)13-25-18-6-2-16(3-7-18)10-11-24/h2-9,12,15,25H,10,13-14H2,1H3/t15-/m1/s1. The molecule has 1 amide bonds. The first-order chi connectivity index (χ1) is 14.0. The summed E-state index contributed by atoms with van der Waals surface area (Å²) in [6.45, 7) is 2.96. The molecule has 1 aromatic heterocycles. The minimum atomic E-state index is -0.328. The number of rotatable bonds is 5. The van der Waals surface area contributed by atoms with Gasteiger partial charge in [0.1, 0.15) is 11.5 Å². The fourth-order valence-electron chi connectivity index (χ4n) is 3.46. The van der Waals surface area contributed by atoms with Gasteiger partial charge in [0, 0.05) is 17.9 Å². The Hall–Kier alpha value is -3.66. The highest BCUT2D eigenvalue weighted by molar-refractivity contribution is 6.05. The predicted octanol–water partition coefficient (Wildman–Crippen LogP) is 3.92. The molecule has 0 saturated carbocycles. The zero-order chi connectivity index (χ0) is 20.4. The molecular weight excluding hydrogens is 369 g/mol. The summed E-state index contributed by atoms with van der Waals surface area (Å²) in [6, 6.07) is 17.5. The molecule has 4 rings (SSSR count). The number of benzene rings is 2. The van der Waals surface area contributed by atoms with Gasteiger partial charge in [-0.15, -0.1) is 0 Å². The molecule has 0 spiro atoms. The van der Waals surface area contributed by atoms with Crippen LogP contribution >= 0.6 is 0 Å². The number of nitriles is 1. The van der Waals surface area contributed by atoms with Crippen molar-refractivity contribution >= 4 is 17.3 Å². The largest absolute Gasteiger partial charge is 0.379 e. The quantitative estimate of drug-likeness (QED) is 0.718. The third-order valence-electron chi connectivity index (χ3n) is 4.96. The lowest BCUT2D eigenvalue weighted by molar-refractivity contribution is 0.0953. The van der Waals surface area contributed by atoms with E-state index >= 15 is 0 Å². The van der Waals surface area contributed by atoms with Gasteiger partial charge in [0.25, 0.3) is 5.91 Å². The first-order valence-electron chi connectivity index (χ1n) is 9.41. The molecule has 0 bridgehead atoms. The zero-order valence-electron chi connectivity index (χ0n) is 16.0. The molecule has 2 aromatic carbocycles. The van der Waals surface area contributed by atoms with Gasteiger partial charge in [-0.25, -0.2) is 4.39 Å². The van der Waals surface area contributed by atoms with Gasteiger partial charge in [0.15, 0.2) is 0 Å². The zero-order valence-corrected chi connectivity index (χ0v) is 16.0. The first kappa shape index (κ1) is 18.7. The number of carbonyl (C=O) groups excluding carboxylic acids is 1. The number of nitrogens with one attached hydrogen (secondary N) is 1. The van der Waals surface area contributed by atoms with Crippen molar-refractivity contribution in [3.63, 3.8) is 0 Å². The summed E-state index contributed by atoms with van der Waals surface area (Å²) in [5, 5.41) is 16.6. The van der Waals surface area contributed by atoms with Crippen LogP contribution in [0.1, 0.15) is 34.7 Å². The molecule has 6 nitrogen and oxygen atoms in total. The van der Waals surface area contributed by atoms with E-state index in [1.165, 1.54) is 12.1 Å². The summed E-state index contributed by atoms with van der Waals surface area (Å²) < 4.78 is 15.0. The Bertz CT molecular complexity index is 1070. The molecule has 3 aromatic rings. The Morgan fingerprint density at radius 3 is 2.62 bits per heavy atom. The number of hydrogen-bond acceptors (Lipinski definition) is 4. The number of aromatic nitrogens is 2. The van der Waals surface area contributed by atoms with Crippen LogP contribution in [0.25, 0.3) is 0 Å². The highest BCUT2D eigenvalue weighted by Crippen LogP contribution is 2.27. The number of anilines is 2. The summed E-state index contributed by atoms with van der Waals surface area (Å²) in [5.41, 5.74) is 3.85. The van der Waals surface area contributed by atoms with Crippen LogP contribution in [-0.2, 0) is 13.0 Å². The molecule has 0 saturated heterocycles. The smallest absolute Gasteiger partial charge is 0.276 e. The summed E-state index contributed by atoms with van der Waals surface area (Å²) in [6.07, 6.45) is 0.388. The first-order valence-corrected chi connectivity index (χ1v) is 9.41. The molecule has 0 fully saturated rings. The van der Waals surface area contributed by atoms with Crippen LogP contribution in [0.2, 0.25) is 0 Å². The fourth-order valence-corrected chi connectivity index (χ4v) is 3.46. The van der Waals surface area contributed by atoms with E-state index in [-0.39, 0.29) is 17.8 Å². The molecule has 7 heteroatoms. The number of hydrogen-bond donors (Lipinski definition) is 1. The Labute approximate surface area is 168 Å². The topological polar surface area (TPSA) is 74.0 Å². The highest BCUT2D eigenvalue weighted by Gasteiger charge is 2.31. The van der Waals surface area contributed by atoms with Crippen LogP contribution in [0, 0.1) is 17.1 Å². The average Bonchev–Trinajstić information content (AvgIpc) is 3.17. The SMILES string of the molecule is C[C@@H]1CN(c2ccc(F)cc2)C(=O)c2cc(CNc3ccc(CC#N)cc3)nn21. The summed E-state index contributed by atoms with van der Waals surface area (Å²) in [4.78, 5) is 14.6. The Morgan fingerprint density at radius 2 is 1.93 bits per heavy atom. The van der Waals surface area contributed by atoms with Crippen LogP contribution < -0.4 is 10.2 Å². The lowest BCUT2D eigenvalue weighted by atomic mass is 10.1. The van der Waals surface area contributed by atoms with Gasteiger partial charge in [-0.05, 0) is 55.0 Å². The van der Waals surface area contributed by atoms with E-state index in [1.54, 1.807) is 27.8 Å². The molecule has 0 unspecified atom stereocenters. The van der Waals surface area contributed by atoms with Gasteiger partial charge in [0.2, 0.25) is 0 Å². The number of halogens is 1. The van der Waals surface area contributed by atoms with Crippen LogP contribution in [0.5, 0.6) is 0 Å². The molecular formula is C22H20FN5O. The van der Waals surface area contributed by atoms with Gasteiger partial charge < -0.3 is 10.2 Å². The van der Waals surface area contributed by atoms with Crippen molar-refractivity contribution in [1.29, 1.82) is 5.26 Å². The van der Waals surface area contributed by atoms with Crippen molar-refractivity contribution < 1.29 is 9.18 Å². The summed E-state index contributed by atoms with van der Waals surface area (Å²) in [5.74, 6) is -0.473. The van der Waals surface area contributed by atoms with Crippen molar-refractivity contribution in [3.05, 3.63) is 77.4 Å². The van der Waals surface area contributed by atoms with E-state index < -0.39 is 0 Å². The lowest BCUT2D eigenvalue weighted by Crippen LogP contribution is -2.42. The van der Waals surface area contributed by atoms with Gasteiger partial charge in [0.05, 0.1) is 30.8 Å².